The van der Waals surface area contributed by atoms with Crippen LogP contribution in [0.4, 0.5) is 0 Å². The standard InChI is InChI=1S/C15H18ClNO5S2/c1-23(18,19)9-3-2-4-15(14-10-17-11-22-14)24(20,21)13-7-5-12(16)6-8-13/h5-8,10-11,15H,2-4,9H2,1H3. The Labute approximate surface area is 146 Å². The fraction of sp³-hybridized carbons (Fsp3) is 0.400. The van der Waals surface area contributed by atoms with Gasteiger partial charge in [0, 0.05) is 17.0 Å². The number of benzene rings is 1. The summed E-state index contributed by atoms with van der Waals surface area (Å²) >= 11 is 5.81. The summed E-state index contributed by atoms with van der Waals surface area (Å²) in [5, 5.41) is -0.473. The summed E-state index contributed by atoms with van der Waals surface area (Å²) in [5.74, 6) is 0.265. The van der Waals surface area contributed by atoms with Crippen molar-refractivity contribution < 1.29 is 21.3 Å². The number of hydrogen-bond acceptors (Lipinski definition) is 6. The quantitative estimate of drug-likeness (QED) is 0.642. The number of unbranched alkanes of at least 4 members (excludes halogenated alkanes) is 1. The van der Waals surface area contributed by atoms with Crippen molar-refractivity contribution in [3.8, 4) is 0 Å². The van der Waals surface area contributed by atoms with Gasteiger partial charge in [-0.1, -0.05) is 18.0 Å². The van der Waals surface area contributed by atoms with Gasteiger partial charge in [-0.2, -0.15) is 0 Å². The first kappa shape index (κ1) is 19.0. The maximum Gasteiger partial charge on any atom is 0.188 e. The largest absolute Gasteiger partial charge is 0.447 e. The van der Waals surface area contributed by atoms with E-state index >= 15 is 0 Å². The molecule has 0 N–H and O–H groups in total. The second-order valence-electron chi connectivity index (χ2n) is 5.52. The molecule has 24 heavy (non-hydrogen) atoms. The molecule has 6 nitrogen and oxygen atoms in total. The van der Waals surface area contributed by atoms with E-state index in [1.807, 2.05) is 0 Å². The lowest BCUT2D eigenvalue weighted by Crippen LogP contribution is -2.14. The van der Waals surface area contributed by atoms with Crippen LogP contribution in [0.3, 0.4) is 0 Å². The Morgan fingerprint density at radius 2 is 1.79 bits per heavy atom. The van der Waals surface area contributed by atoms with Gasteiger partial charge in [-0.05, 0) is 37.1 Å². The number of oxazole rings is 1. The summed E-state index contributed by atoms with van der Waals surface area (Å²) in [6, 6.07) is 5.90. The highest BCUT2D eigenvalue weighted by Gasteiger charge is 2.31. The van der Waals surface area contributed by atoms with Crippen molar-refractivity contribution in [3.05, 3.63) is 47.6 Å². The topological polar surface area (TPSA) is 94.3 Å². The maximum absolute atomic E-state index is 12.9. The van der Waals surface area contributed by atoms with Crippen molar-refractivity contribution in [1.82, 2.24) is 4.98 Å². The van der Waals surface area contributed by atoms with Crippen LogP contribution in [0.1, 0.15) is 30.3 Å². The third kappa shape index (κ3) is 5.06. The summed E-state index contributed by atoms with van der Waals surface area (Å²) in [4.78, 5) is 3.92. The number of hydrogen-bond donors (Lipinski definition) is 0. The van der Waals surface area contributed by atoms with Crippen molar-refractivity contribution >= 4 is 31.3 Å². The van der Waals surface area contributed by atoms with E-state index in [-0.39, 0.29) is 22.8 Å². The monoisotopic (exact) mass is 391 g/mol. The van der Waals surface area contributed by atoms with Crippen LogP contribution in [0, 0.1) is 0 Å². The van der Waals surface area contributed by atoms with Crippen LogP contribution >= 0.6 is 11.6 Å². The van der Waals surface area contributed by atoms with Crippen molar-refractivity contribution in [2.24, 2.45) is 0 Å². The molecule has 0 aliphatic rings. The lowest BCUT2D eigenvalue weighted by Gasteiger charge is -2.15. The predicted octanol–water partition coefficient (Wildman–Crippen LogP) is 3.06. The molecule has 2 rings (SSSR count). The molecule has 1 aromatic carbocycles. The lowest BCUT2D eigenvalue weighted by atomic mass is 10.2. The van der Waals surface area contributed by atoms with Gasteiger partial charge in [-0.15, -0.1) is 0 Å². The molecule has 0 aliphatic carbocycles. The highest BCUT2D eigenvalue weighted by atomic mass is 35.5. The number of rotatable bonds is 8. The van der Waals surface area contributed by atoms with Crippen molar-refractivity contribution in [3.63, 3.8) is 0 Å². The first-order valence-corrected chi connectivity index (χ1v) is 11.2. The smallest absolute Gasteiger partial charge is 0.188 e. The molecule has 0 bridgehead atoms. The van der Waals surface area contributed by atoms with Crippen LogP contribution < -0.4 is 0 Å². The molecule has 0 fully saturated rings. The average Bonchev–Trinajstić information content (AvgIpc) is 3.00. The Morgan fingerprint density at radius 3 is 2.33 bits per heavy atom. The molecule has 1 atom stereocenters. The Morgan fingerprint density at radius 1 is 1.12 bits per heavy atom. The molecule has 0 amide bonds. The van der Waals surface area contributed by atoms with E-state index in [1.54, 1.807) is 0 Å². The van der Waals surface area contributed by atoms with Gasteiger partial charge < -0.3 is 4.42 Å². The van der Waals surface area contributed by atoms with Gasteiger partial charge in [0.05, 0.1) is 11.1 Å². The Bertz CT molecular complexity index is 859. The second kappa shape index (κ2) is 7.67. The molecular formula is C15H18ClNO5S2. The van der Waals surface area contributed by atoms with Crippen LogP contribution in [-0.4, -0.2) is 33.8 Å². The molecule has 1 heterocycles. The van der Waals surface area contributed by atoms with Crippen LogP contribution in [0.15, 0.2) is 46.2 Å². The molecular weight excluding hydrogens is 374 g/mol. The maximum atomic E-state index is 12.9. The fourth-order valence-electron chi connectivity index (χ4n) is 2.32. The normalized spacial score (nSPS) is 13.8. The van der Waals surface area contributed by atoms with E-state index < -0.39 is 24.9 Å². The van der Waals surface area contributed by atoms with Crippen molar-refractivity contribution in [1.29, 1.82) is 0 Å². The first-order valence-electron chi connectivity index (χ1n) is 7.26. The Balaban J connectivity index is 2.21. The molecule has 0 saturated heterocycles. The van der Waals surface area contributed by atoms with E-state index in [0.717, 1.165) is 6.26 Å². The minimum absolute atomic E-state index is 0.0249. The fourth-order valence-corrected chi connectivity index (χ4v) is 4.92. The molecule has 2 aromatic rings. The highest BCUT2D eigenvalue weighted by molar-refractivity contribution is 7.91. The number of aromatic nitrogens is 1. The molecule has 0 aliphatic heterocycles. The highest BCUT2D eigenvalue weighted by Crippen LogP contribution is 2.33. The zero-order chi connectivity index (χ0) is 17.8. The molecule has 1 aromatic heterocycles. The number of sulfone groups is 2. The number of nitrogens with zero attached hydrogens (tertiary/aromatic N) is 1. The van der Waals surface area contributed by atoms with Crippen LogP contribution in [-0.2, 0) is 19.7 Å². The van der Waals surface area contributed by atoms with Gasteiger partial charge in [0.25, 0.3) is 0 Å². The third-order valence-corrected chi connectivity index (χ3v) is 6.95. The van der Waals surface area contributed by atoms with Gasteiger partial charge in [0.15, 0.2) is 16.2 Å². The van der Waals surface area contributed by atoms with Gasteiger partial charge in [-0.25, -0.2) is 21.8 Å². The van der Waals surface area contributed by atoms with E-state index in [1.165, 1.54) is 36.9 Å². The van der Waals surface area contributed by atoms with Crippen LogP contribution in [0.25, 0.3) is 0 Å². The van der Waals surface area contributed by atoms with Gasteiger partial charge in [0.1, 0.15) is 20.8 Å². The average molecular weight is 392 g/mol. The molecule has 0 radical (unpaired) electrons. The van der Waals surface area contributed by atoms with Crippen LogP contribution in [0.5, 0.6) is 0 Å². The zero-order valence-corrected chi connectivity index (χ0v) is 15.4. The summed E-state index contributed by atoms with van der Waals surface area (Å²) in [7, 11) is -6.77. The molecule has 9 heteroatoms. The SMILES string of the molecule is CS(=O)(=O)CCCCC(c1cnco1)S(=O)(=O)c1ccc(Cl)cc1. The van der Waals surface area contributed by atoms with E-state index in [4.69, 9.17) is 16.0 Å². The predicted molar refractivity (Wildman–Crippen MR) is 91.4 cm³/mol. The molecule has 132 valence electrons. The molecule has 0 saturated carbocycles. The zero-order valence-electron chi connectivity index (χ0n) is 13.1. The molecule has 1 unspecified atom stereocenters. The van der Waals surface area contributed by atoms with Crippen molar-refractivity contribution in [2.45, 2.75) is 29.4 Å². The minimum atomic E-state index is -3.70. The summed E-state index contributed by atoms with van der Waals surface area (Å²) in [5.41, 5.74) is 0. The number of halogens is 1. The summed E-state index contributed by atoms with van der Waals surface area (Å²) in [6.45, 7) is 0. The van der Waals surface area contributed by atoms with Gasteiger partial charge in [0.2, 0.25) is 0 Å². The van der Waals surface area contributed by atoms with E-state index in [0.29, 0.717) is 17.9 Å². The minimum Gasteiger partial charge on any atom is -0.447 e. The Hall–Kier alpha value is -1.38. The van der Waals surface area contributed by atoms with Crippen LogP contribution in [0.2, 0.25) is 5.02 Å². The van der Waals surface area contributed by atoms with E-state index in [9.17, 15) is 16.8 Å². The lowest BCUT2D eigenvalue weighted by molar-refractivity contribution is 0.472. The van der Waals surface area contributed by atoms with Crippen molar-refractivity contribution in [2.75, 3.05) is 12.0 Å². The summed E-state index contributed by atoms with van der Waals surface area (Å²) in [6.07, 6.45) is 4.77. The molecule has 0 spiro atoms. The summed E-state index contributed by atoms with van der Waals surface area (Å²) < 4.78 is 53.3. The van der Waals surface area contributed by atoms with Gasteiger partial charge in [-0.3, -0.25) is 0 Å². The Kier molecular flexibility index (Phi) is 6.06. The third-order valence-electron chi connectivity index (χ3n) is 3.52. The van der Waals surface area contributed by atoms with E-state index in [2.05, 4.69) is 4.98 Å². The first-order chi connectivity index (χ1) is 11.2. The van der Waals surface area contributed by atoms with Gasteiger partial charge >= 0.3 is 0 Å². The second-order valence-corrected chi connectivity index (χ2v) is 10.3.